The van der Waals surface area contributed by atoms with E-state index in [-0.39, 0.29) is 17.5 Å². The van der Waals surface area contributed by atoms with Gasteiger partial charge in [-0.1, -0.05) is 30.3 Å². The molecule has 1 N–H and O–H groups in total. The summed E-state index contributed by atoms with van der Waals surface area (Å²) in [6.07, 6.45) is 0. The molecule has 6 nitrogen and oxygen atoms in total. The maximum atomic E-state index is 12.7. The molecule has 134 valence electrons. The van der Waals surface area contributed by atoms with Crippen molar-refractivity contribution in [2.45, 2.75) is 10.9 Å². The first-order valence-corrected chi connectivity index (χ1v) is 9.56. The normalized spacial score (nSPS) is 15.2. The van der Waals surface area contributed by atoms with Gasteiger partial charge in [0.25, 0.3) is 0 Å². The van der Waals surface area contributed by atoms with Crippen molar-refractivity contribution < 1.29 is 17.9 Å². The summed E-state index contributed by atoms with van der Waals surface area (Å²) in [4.78, 5) is 2.16. The second kappa shape index (κ2) is 7.43. The monoisotopic (exact) mass is 362 g/mol. The average molecular weight is 362 g/mol. The molecule has 1 aliphatic heterocycles. The van der Waals surface area contributed by atoms with Crippen LogP contribution in [0.3, 0.4) is 0 Å². The highest BCUT2D eigenvalue weighted by atomic mass is 32.2. The summed E-state index contributed by atoms with van der Waals surface area (Å²) in [5, 5.41) is 0. The molecule has 0 saturated heterocycles. The molecule has 25 heavy (non-hydrogen) atoms. The molecule has 0 fully saturated rings. The summed E-state index contributed by atoms with van der Waals surface area (Å²) in [6.45, 7) is 1.16. The van der Waals surface area contributed by atoms with Crippen LogP contribution in [0.1, 0.15) is 11.6 Å². The van der Waals surface area contributed by atoms with Crippen LogP contribution >= 0.6 is 0 Å². The molecule has 0 aromatic heterocycles. The second-order valence-corrected chi connectivity index (χ2v) is 7.81. The Morgan fingerprint density at radius 2 is 1.72 bits per heavy atom. The van der Waals surface area contributed by atoms with Crippen molar-refractivity contribution in [1.29, 1.82) is 0 Å². The van der Waals surface area contributed by atoms with E-state index in [0.29, 0.717) is 24.7 Å². The van der Waals surface area contributed by atoms with Crippen LogP contribution in [-0.2, 0) is 10.0 Å². The summed E-state index contributed by atoms with van der Waals surface area (Å²) in [5.41, 5.74) is 1.05. The average Bonchev–Trinajstić information content (AvgIpc) is 2.62. The van der Waals surface area contributed by atoms with Gasteiger partial charge in [-0.3, -0.25) is 0 Å². The van der Waals surface area contributed by atoms with Crippen LogP contribution in [0.5, 0.6) is 11.5 Å². The number of benzene rings is 2. The quantitative estimate of drug-likeness (QED) is 0.852. The Labute approximate surface area is 148 Å². The minimum absolute atomic E-state index is 0.0619. The van der Waals surface area contributed by atoms with E-state index in [1.165, 1.54) is 12.1 Å². The number of nitrogens with zero attached hydrogens (tertiary/aromatic N) is 1. The van der Waals surface area contributed by atoms with Crippen LogP contribution in [0.15, 0.2) is 53.4 Å². The molecule has 0 bridgehead atoms. The molecule has 3 rings (SSSR count). The number of fused-ring (bicyclic) bond motifs is 1. The van der Waals surface area contributed by atoms with Crippen molar-refractivity contribution >= 4 is 10.0 Å². The van der Waals surface area contributed by atoms with Gasteiger partial charge < -0.3 is 14.4 Å². The van der Waals surface area contributed by atoms with Gasteiger partial charge in [0.05, 0.1) is 4.90 Å². The smallest absolute Gasteiger partial charge is 0.240 e. The first-order chi connectivity index (χ1) is 12.0. The summed E-state index contributed by atoms with van der Waals surface area (Å²) >= 11 is 0. The van der Waals surface area contributed by atoms with Crippen LogP contribution < -0.4 is 14.2 Å². The molecule has 1 atom stereocenters. The predicted octanol–water partition coefficient (Wildman–Crippen LogP) is 2.04. The SMILES string of the molecule is CN(C)C(CNS(=O)(=O)c1ccc2c(c1)OCCO2)c1ccccc1. The van der Waals surface area contributed by atoms with Crippen molar-refractivity contribution in [2.24, 2.45) is 0 Å². The van der Waals surface area contributed by atoms with E-state index in [9.17, 15) is 8.42 Å². The first-order valence-electron chi connectivity index (χ1n) is 8.08. The lowest BCUT2D eigenvalue weighted by molar-refractivity contribution is 0.171. The molecular formula is C18H22N2O4S. The maximum Gasteiger partial charge on any atom is 0.240 e. The Bertz CT molecular complexity index is 822. The molecule has 1 unspecified atom stereocenters. The van der Waals surface area contributed by atoms with Crippen LogP contribution in [0.25, 0.3) is 0 Å². The van der Waals surface area contributed by atoms with Crippen molar-refractivity contribution in [1.82, 2.24) is 9.62 Å². The fourth-order valence-electron chi connectivity index (χ4n) is 2.74. The minimum atomic E-state index is -3.64. The van der Waals surface area contributed by atoms with E-state index in [0.717, 1.165) is 5.56 Å². The first kappa shape index (κ1) is 17.7. The van der Waals surface area contributed by atoms with Gasteiger partial charge >= 0.3 is 0 Å². The van der Waals surface area contributed by atoms with Crippen molar-refractivity contribution in [3.8, 4) is 11.5 Å². The topological polar surface area (TPSA) is 67.9 Å². The van der Waals surface area contributed by atoms with E-state index in [1.54, 1.807) is 6.07 Å². The van der Waals surface area contributed by atoms with Gasteiger partial charge in [-0.05, 0) is 31.8 Å². The fraction of sp³-hybridized carbons (Fsp3) is 0.333. The van der Waals surface area contributed by atoms with Gasteiger partial charge in [-0.2, -0.15) is 0 Å². The summed E-state index contributed by atoms with van der Waals surface area (Å²) < 4.78 is 38.9. The molecule has 0 saturated carbocycles. The Morgan fingerprint density at radius 1 is 1.04 bits per heavy atom. The van der Waals surface area contributed by atoms with E-state index in [4.69, 9.17) is 9.47 Å². The number of sulfonamides is 1. The van der Waals surface area contributed by atoms with Gasteiger partial charge in [0, 0.05) is 18.7 Å². The number of rotatable bonds is 6. The highest BCUT2D eigenvalue weighted by Crippen LogP contribution is 2.32. The molecule has 0 spiro atoms. The summed E-state index contributed by atoms with van der Waals surface area (Å²) in [7, 11) is 0.211. The number of hydrogen-bond donors (Lipinski definition) is 1. The molecule has 0 amide bonds. The van der Waals surface area contributed by atoms with Gasteiger partial charge in [0.2, 0.25) is 10.0 Å². The molecule has 2 aromatic rings. The second-order valence-electron chi connectivity index (χ2n) is 6.05. The molecule has 7 heteroatoms. The molecule has 1 aliphatic rings. The van der Waals surface area contributed by atoms with Crippen LogP contribution in [0.4, 0.5) is 0 Å². The van der Waals surface area contributed by atoms with Gasteiger partial charge in [-0.25, -0.2) is 13.1 Å². The Kier molecular flexibility index (Phi) is 5.27. The number of ether oxygens (including phenoxy) is 2. The third kappa shape index (κ3) is 4.12. The zero-order valence-corrected chi connectivity index (χ0v) is 15.1. The molecular weight excluding hydrogens is 340 g/mol. The minimum Gasteiger partial charge on any atom is -0.486 e. The van der Waals surface area contributed by atoms with Crippen LogP contribution in [0.2, 0.25) is 0 Å². The predicted molar refractivity (Wildman–Crippen MR) is 95.5 cm³/mol. The lowest BCUT2D eigenvalue weighted by Gasteiger charge is -2.25. The van der Waals surface area contributed by atoms with Crippen LogP contribution in [-0.4, -0.2) is 47.2 Å². The molecule has 0 radical (unpaired) electrons. The highest BCUT2D eigenvalue weighted by molar-refractivity contribution is 7.89. The zero-order chi connectivity index (χ0) is 17.9. The van der Waals surface area contributed by atoms with Gasteiger partial charge in [-0.15, -0.1) is 0 Å². The standard InChI is InChI=1S/C18H22N2O4S/c1-20(2)16(14-6-4-3-5-7-14)13-19-25(21,22)15-8-9-17-18(12-15)24-11-10-23-17/h3-9,12,16,19H,10-11,13H2,1-2H3. The third-order valence-corrected chi connectivity index (χ3v) is 5.52. The maximum absolute atomic E-state index is 12.7. The fourth-order valence-corrected chi connectivity index (χ4v) is 3.79. The van der Waals surface area contributed by atoms with Crippen LogP contribution in [0, 0.1) is 0 Å². The van der Waals surface area contributed by atoms with E-state index in [1.807, 2.05) is 49.3 Å². The summed E-state index contributed by atoms with van der Waals surface area (Å²) in [6, 6.07) is 14.4. The molecule has 0 aliphatic carbocycles. The molecule has 2 aromatic carbocycles. The van der Waals surface area contributed by atoms with Gasteiger partial charge in [0.1, 0.15) is 13.2 Å². The zero-order valence-electron chi connectivity index (χ0n) is 14.3. The highest BCUT2D eigenvalue weighted by Gasteiger charge is 2.22. The van der Waals surface area contributed by atoms with E-state index in [2.05, 4.69) is 4.72 Å². The lowest BCUT2D eigenvalue weighted by atomic mass is 10.1. The van der Waals surface area contributed by atoms with E-state index >= 15 is 0 Å². The number of likely N-dealkylation sites (N-methyl/N-ethyl adjacent to an activating group) is 1. The third-order valence-electron chi connectivity index (χ3n) is 4.10. The van der Waals surface area contributed by atoms with Gasteiger partial charge in [0.15, 0.2) is 11.5 Å². The number of nitrogens with one attached hydrogen (secondary N) is 1. The largest absolute Gasteiger partial charge is 0.486 e. The Morgan fingerprint density at radius 3 is 2.40 bits per heavy atom. The molecule has 1 heterocycles. The van der Waals surface area contributed by atoms with E-state index < -0.39 is 10.0 Å². The number of hydrogen-bond acceptors (Lipinski definition) is 5. The van der Waals surface area contributed by atoms with Crippen molar-refractivity contribution in [2.75, 3.05) is 33.9 Å². The van der Waals surface area contributed by atoms with Crippen molar-refractivity contribution in [3.63, 3.8) is 0 Å². The lowest BCUT2D eigenvalue weighted by Crippen LogP contribution is -2.34. The Balaban J connectivity index is 1.77. The van der Waals surface area contributed by atoms with Crippen molar-refractivity contribution in [3.05, 3.63) is 54.1 Å². The summed E-state index contributed by atoms with van der Waals surface area (Å²) in [5.74, 6) is 1.03. The Hall–Kier alpha value is -2.09.